The van der Waals surface area contributed by atoms with Crippen LogP contribution in [0.15, 0.2) is 24.3 Å². The summed E-state index contributed by atoms with van der Waals surface area (Å²) in [5.41, 5.74) is 1.25. The van der Waals surface area contributed by atoms with Crippen molar-refractivity contribution in [1.82, 2.24) is 10.2 Å². The van der Waals surface area contributed by atoms with Crippen LogP contribution >= 0.6 is 0 Å². The average Bonchev–Trinajstić information content (AvgIpc) is 2.68. The van der Waals surface area contributed by atoms with Gasteiger partial charge in [-0.25, -0.2) is 0 Å². The standard InChI is InChI=1S/C21H31N3O3/c1-4-5-12-22-20(26)17-7-6-13-24(14-17)21(27)16-8-10-18(11-9-16)23-19(25)15(2)3/h8-11,15,17H,4-7,12-14H2,1-3H3,(H,22,26)(H,23,25)/t17-/m0/s1. The van der Waals surface area contributed by atoms with Crippen LogP contribution < -0.4 is 10.6 Å². The molecule has 148 valence electrons. The molecule has 2 rings (SSSR count). The molecule has 1 saturated heterocycles. The SMILES string of the molecule is CCCCNC(=O)[C@H]1CCCN(C(=O)c2ccc(NC(=O)C(C)C)cc2)C1. The molecule has 6 heteroatoms. The van der Waals surface area contributed by atoms with Crippen molar-refractivity contribution < 1.29 is 14.4 Å². The van der Waals surface area contributed by atoms with Crippen LogP contribution in [0.25, 0.3) is 0 Å². The van der Waals surface area contributed by atoms with E-state index in [1.54, 1.807) is 29.2 Å². The first-order valence-corrected chi connectivity index (χ1v) is 9.90. The van der Waals surface area contributed by atoms with Crippen LogP contribution in [-0.4, -0.2) is 42.3 Å². The lowest BCUT2D eigenvalue weighted by Gasteiger charge is -2.32. The summed E-state index contributed by atoms with van der Waals surface area (Å²) in [7, 11) is 0. The second kappa shape index (κ2) is 10.1. The molecular formula is C21H31N3O3. The Kier molecular flexibility index (Phi) is 7.82. The van der Waals surface area contributed by atoms with E-state index in [9.17, 15) is 14.4 Å². The van der Waals surface area contributed by atoms with Crippen LogP contribution in [0.5, 0.6) is 0 Å². The van der Waals surface area contributed by atoms with Crippen molar-refractivity contribution in [2.75, 3.05) is 25.0 Å². The maximum absolute atomic E-state index is 12.8. The number of carbonyl (C=O) groups is 3. The number of anilines is 1. The molecule has 0 unspecified atom stereocenters. The van der Waals surface area contributed by atoms with Gasteiger partial charge in [0.1, 0.15) is 0 Å². The third kappa shape index (κ3) is 6.08. The van der Waals surface area contributed by atoms with Crippen LogP contribution in [0, 0.1) is 11.8 Å². The normalized spacial score (nSPS) is 16.9. The Labute approximate surface area is 161 Å². The van der Waals surface area contributed by atoms with E-state index in [1.807, 2.05) is 13.8 Å². The first kappa shape index (κ1) is 20.9. The van der Waals surface area contributed by atoms with Crippen molar-refractivity contribution in [3.8, 4) is 0 Å². The summed E-state index contributed by atoms with van der Waals surface area (Å²) >= 11 is 0. The molecule has 1 aromatic carbocycles. The average molecular weight is 373 g/mol. The molecule has 2 N–H and O–H groups in total. The van der Waals surface area contributed by atoms with Crippen LogP contribution in [0.3, 0.4) is 0 Å². The Morgan fingerprint density at radius 2 is 1.89 bits per heavy atom. The van der Waals surface area contributed by atoms with Gasteiger partial charge in [0.05, 0.1) is 5.92 Å². The van der Waals surface area contributed by atoms with Gasteiger partial charge in [-0.3, -0.25) is 14.4 Å². The van der Waals surface area contributed by atoms with Gasteiger partial charge in [0.15, 0.2) is 0 Å². The fraction of sp³-hybridized carbons (Fsp3) is 0.571. The maximum atomic E-state index is 12.8. The van der Waals surface area contributed by atoms with Gasteiger partial charge in [0, 0.05) is 36.8 Å². The molecule has 0 aliphatic carbocycles. The molecule has 0 radical (unpaired) electrons. The van der Waals surface area contributed by atoms with E-state index in [0.29, 0.717) is 30.9 Å². The summed E-state index contributed by atoms with van der Waals surface area (Å²) in [5, 5.41) is 5.79. The monoisotopic (exact) mass is 373 g/mol. The Morgan fingerprint density at radius 3 is 2.52 bits per heavy atom. The summed E-state index contributed by atoms with van der Waals surface area (Å²) < 4.78 is 0. The van der Waals surface area contributed by atoms with Crippen LogP contribution in [0.1, 0.15) is 56.8 Å². The van der Waals surface area contributed by atoms with Crippen LogP contribution in [0.2, 0.25) is 0 Å². The molecule has 1 atom stereocenters. The summed E-state index contributed by atoms with van der Waals surface area (Å²) in [5.74, 6) is -0.304. The third-order valence-corrected chi connectivity index (χ3v) is 4.83. The number of nitrogens with zero attached hydrogens (tertiary/aromatic N) is 1. The van der Waals surface area contributed by atoms with Gasteiger partial charge in [0.25, 0.3) is 5.91 Å². The molecule has 0 spiro atoms. The van der Waals surface area contributed by atoms with Gasteiger partial charge < -0.3 is 15.5 Å². The molecule has 1 aliphatic rings. The number of likely N-dealkylation sites (tertiary alicyclic amines) is 1. The highest BCUT2D eigenvalue weighted by molar-refractivity contribution is 5.96. The number of carbonyl (C=O) groups excluding carboxylic acids is 3. The van der Waals surface area contributed by atoms with E-state index in [4.69, 9.17) is 0 Å². The Balaban J connectivity index is 1.94. The zero-order valence-electron chi connectivity index (χ0n) is 16.6. The molecule has 6 nitrogen and oxygen atoms in total. The third-order valence-electron chi connectivity index (χ3n) is 4.83. The van der Waals surface area contributed by atoms with E-state index in [-0.39, 0.29) is 29.6 Å². The van der Waals surface area contributed by atoms with Gasteiger partial charge in [-0.15, -0.1) is 0 Å². The molecule has 3 amide bonds. The van der Waals surface area contributed by atoms with Crippen molar-refractivity contribution in [1.29, 1.82) is 0 Å². The molecule has 1 heterocycles. The lowest BCUT2D eigenvalue weighted by molar-refractivity contribution is -0.126. The van der Waals surface area contributed by atoms with Gasteiger partial charge in [-0.1, -0.05) is 27.2 Å². The lowest BCUT2D eigenvalue weighted by atomic mass is 9.96. The van der Waals surface area contributed by atoms with Gasteiger partial charge in [-0.05, 0) is 43.5 Å². The Hall–Kier alpha value is -2.37. The number of hydrogen-bond donors (Lipinski definition) is 2. The first-order chi connectivity index (χ1) is 12.9. The highest BCUT2D eigenvalue weighted by Gasteiger charge is 2.28. The largest absolute Gasteiger partial charge is 0.356 e. The van der Waals surface area contributed by atoms with Gasteiger partial charge in [0.2, 0.25) is 11.8 Å². The predicted molar refractivity (Wildman–Crippen MR) is 106 cm³/mol. The minimum absolute atomic E-state index is 0.0488. The van der Waals surface area contributed by atoms with Crippen molar-refractivity contribution in [3.05, 3.63) is 29.8 Å². The second-order valence-electron chi connectivity index (χ2n) is 7.46. The fourth-order valence-electron chi connectivity index (χ4n) is 3.07. The quantitative estimate of drug-likeness (QED) is 0.721. The van der Waals surface area contributed by atoms with Crippen molar-refractivity contribution in [3.63, 3.8) is 0 Å². The second-order valence-corrected chi connectivity index (χ2v) is 7.46. The zero-order valence-corrected chi connectivity index (χ0v) is 16.6. The number of amides is 3. The van der Waals surface area contributed by atoms with Crippen molar-refractivity contribution in [2.24, 2.45) is 11.8 Å². The minimum Gasteiger partial charge on any atom is -0.356 e. The van der Waals surface area contributed by atoms with E-state index in [0.717, 1.165) is 25.7 Å². The fourth-order valence-corrected chi connectivity index (χ4v) is 3.07. The molecule has 0 saturated carbocycles. The molecular weight excluding hydrogens is 342 g/mol. The Morgan fingerprint density at radius 1 is 1.19 bits per heavy atom. The lowest BCUT2D eigenvalue weighted by Crippen LogP contribution is -2.45. The predicted octanol–water partition coefficient (Wildman–Crippen LogP) is 3.05. The summed E-state index contributed by atoms with van der Waals surface area (Å²) in [4.78, 5) is 38.6. The summed E-state index contributed by atoms with van der Waals surface area (Å²) in [6, 6.07) is 6.94. The van der Waals surface area contributed by atoms with Crippen LogP contribution in [-0.2, 0) is 9.59 Å². The number of benzene rings is 1. The van der Waals surface area contributed by atoms with Crippen LogP contribution in [0.4, 0.5) is 5.69 Å². The Bertz CT molecular complexity index is 655. The molecule has 1 aliphatic heterocycles. The summed E-state index contributed by atoms with van der Waals surface area (Å²) in [6.45, 7) is 7.58. The van der Waals surface area contributed by atoms with E-state index < -0.39 is 0 Å². The van der Waals surface area contributed by atoms with E-state index >= 15 is 0 Å². The highest BCUT2D eigenvalue weighted by Crippen LogP contribution is 2.20. The van der Waals surface area contributed by atoms with Gasteiger partial charge in [-0.2, -0.15) is 0 Å². The number of nitrogens with one attached hydrogen (secondary N) is 2. The molecule has 27 heavy (non-hydrogen) atoms. The smallest absolute Gasteiger partial charge is 0.253 e. The van der Waals surface area contributed by atoms with E-state index in [2.05, 4.69) is 17.6 Å². The molecule has 1 aromatic rings. The van der Waals surface area contributed by atoms with E-state index in [1.165, 1.54) is 0 Å². The first-order valence-electron chi connectivity index (χ1n) is 9.90. The number of hydrogen-bond acceptors (Lipinski definition) is 3. The highest BCUT2D eigenvalue weighted by atomic mass is 16.2. The van der Waals surface area contributed by atoms with Crippen molar-refractivity contribution >= 4 is 23.4 Å². The van der Waals surface area contributed by atoms with Crippen molar-refractivity contribution in [2.45, 2.75) is 46.5 Å². The number of piperidine rings is 1. The number of unbranched alkanes of at least 4 members (excludes halogenated alkanes) is 1. The topological polar surface area (TPSA) is 78.5 Å². The number of rotatable bonds is 7. The maximum Gasteiger partial charge on any atom is 0.253 e. The molecule has 0 bridgehead atoms. The minimum atomic E-state index is -0.135. The zero-order chi connectivity index (χ0) is 19.8. The summed E-state index contributed by atoms with van der Waals surface area (Å²) in [6.07, 6.45) is 3.67. The molecule has 0 aromatic heterocycles. The molecule has 1 fully saturated rings. The van der Waals surface area contributed by atoms with Gasteiger partial charge >= 0.3 is 0 Å².